The normalized spacial score (nSPS) is 11.4. The third kappa shape index (κ3) is 3.39. The van der Waals surface area contributed by atoms with Crippen molar-refractivity contribution in [2.45, 2.75) is 6.92 Å². The van der Waals surface area contributed by atoms with Crippen LogP contribution in [0.1, 0.15) is 15.4 Å². The lowest BCUT2D eigenvalue weighted by Crippen LogP contribution is -2.11. The van der Waals surface area contributed by atoms with Gasteiger partial charge in [0.25, 0.3) is 5.91 Å². The molecule has 166 valence electrons. The van der Waals surface area contributed by atoms with Crippen LogP contribution in [-0.4, -0.2) is 39.5 Å². The topological polar surface area (TPSA) is 102 Å². The van der Waals surface area contributed by atoms with Crippen molar-refractivity contribution in [2.24, 2.45) is 0 Å². The van der Waals surface area contributed by atoms with E-state index in [4.69, 9.17) is 10.1 Å². The molecule has 6 rings (SSSR count). The molecule has 0 unspecified atom stereocenters. The number of nitrogens with one attached hydrogen (secondary N) is 1. The fourth-order valence-electron chi connectivity index (χ4n) is 3.73. The summed E-state index contributed by atoms with van der Waals surface area (Å²) in [4.78, 5) is 22.1. The van der Waals surface area contributed by atoms with E-state index >= 15 is 0 Å². The van der Waals surface area contributed by atoms with Crippen LogP contribution in [0.4, 0.5) is 10.2 Å². The van der Waals surface area contributed by atoms with Crippen molar-refractivity contribution < 1.29 is 9.18 Å². The van der Waals surface area contributed by atoms with Gasteiger partial charge in [-0.2, -0.15) is 5.10 Å². The smallest absolute Gasteiger partial charge is 0.270 e. The Labute approximate surface area is 195 Å². The van der Waals surface area contributed by atoms with E-state index < -0.39 is 0 Å². The second-order valence-corrected chi connectivity index (χ2v) is 8.29. The molecule has 0 fully saturated rings. The summed E-state index contributed by atoms with van der Waals surface area (Å²) in [7, 11) is 0. The molecule has 5 heterocycles. The molecular formula is C23H15FN8OS. The number of nitrogens with zero attached hydrogens (tertiary/aromatic N) is 7. The van der Waals surface area contributed by atoms with Gasteiger partial charge in [0.05, 0.1) is 17.6 Å². The fourth-order valence-corrected chi connectivity index (χ4v) is 4.28. The van der Waals surface area contributed by atoms with Gasteiger partial charge in [-0.1, -0.05) is 10.6 Å². The number of hydrogen-bond acceptors (Lipinski definition) is 7. The molecular weight excluding hydrogens is 455 g/mol. The Bertz CT molecular complexity index is 1680. The van der Waals surface area contributed by atoms with Gasteiger partial charge in [-0.25, -0.2) is 18.9 Å². The van der Waals surface area contributed by atoms with Gasteiger partial charge in [0.2, 0.25) is 0 Å². The molecule has 0 aliphatic rings. The maximum Gasteiger partial charge on any atom is 0.270 e. The lowest BCUT2D eigenvalue weighted by Gasteiger charge is -2.05. The highest BCUT2D eigenvalue weighted by molar-refractivity contribution is 7.08. The van der Waals surface area contributed by atoms with E-state index in [-0.39, 0.29) is 11.7 Å². The molecule has 1 N–H and O–H groups in total. The number of hydrogen-bond donors (Lipinski definition) is 1. The summed E-state index contributed by atoms with van der Waals surface area (Å²) in [6.07, 6.45) is 3.54. The van der Waals surface area contributed by atoms with Crippen LogP contribution in [0.3, 0.4) is 0 Å². The number of carbonyl (C=O) groups excluding carboxylic acids is 1. The third-order valence-corrected chi connectivity index (χ3v) is 6.14. The summed E-state index contributed by atoms with van der Waals surface area (Å²) in [5.74, 6) is -0.276. The summed E-state index contributed by atoms with van der Waals surface area (Å²) in [6, 6.07) is 15.6. The van der Waals surface area contributed by atoms with E-state index in [1.165, 1.54) is 12.1 Å². The van der Waals surface area contributed by atoms with Gasteiger partial charge in [0.1, 0.15) is 27.7 Å². The maximum atomic E-state index is 13.5. The van der Waals surface area contributed by atoms with Crippen LogP contribution in [0.2, 0.25) is 0 Å². The number of rotatable bonds is 4. The van der Waals surface area contributed by atoms with Crippen molar-refractivity contribution in [1.29, 1.82) is 0 Å². The second kappa shape index (κ2) is 7.81. The van der Waals surface area contributed by atoms with Crippen molar-refractivity contribution >= 4 is 34.6 Å². The number of benzene rings is 1. The van der Waals surface area contributed by atoms with Crippen LogP contribution >= 0.6 is 11.5 Å². The summed E-state index contributed by atoms with van der Waals surface area (Å²) >= 11 is 1.03. The third-order valence-electron chi connectivity index (χ3n) is 5.31. The molecule has 5 aromatic heterocycles. The Balaban J connectivity index is 1.44. The minimum atomic E-state index is -0.323. The number of fused-ring (bicyclic) bond motifs is 2. The number of amides is 1. The van der Waals surface area contributed by atoms with Crippen molar-refractivity contribution in [3.05, 3.63) is 83.4 Å². The number of carbonyl (C=O) groups is 1. The molecule has 34 heavy (non-hydrogen) atoms. The van der Waals surface area contributed by atoms with Gasteiger partial charge in [0, 0.05) is 11.8 Å². The van der Waals surface area contributed by atoms with Crippen molar-refractivity contribution in [2.75, 3.05) is 5.32 Å². The zero-order chi connectivity index (χ0) is 23.2. The molecule has 0 saturated heterocycles. The number of halogens is 1. The Hall–Kier alpha value is -4.51. The van der Waals surface area contributed by atoms with Crippen LogP contribution in [0.15, 0.2) is 67.0 Å². The largest absolute Gasteiger partial charge is 0.304 e. The number of aryl methyl sites for hydroxylation is 1. The number of aromatic nitrogens is 7. The molecule has 11 heteroatoms. The van der Waals surface area contributed by atoms with Crippen LogP contribution in [0.5, 0.6) is 0 Å². The molecule has 1 aromatic carbocycles. The average molecular weight is 470 g/mol. The summed E-state index contributed by atoms with van der Waals surface area (Å²) < 4.78 is 20.9. The number of imidazole rings is 2. The standard InChI is InChI=1S/C23H15FN8OS/c1-13-22(34-30-28-13)23(33)26-17-12-32-19(25-17)10-9-16(29-32)21-20(14-5-7-15(24)8-6-14)27-18-4-2-3-11-31(18)21/h2-12H,1H3,(H,26,33). The summed E-state index contributed by atoms with van der Waals surface area (Å²) in [5, 5.41) is 11.4. The Morgan fingerprint density at radius 1 is 1.03 bits per heavy atom. The zero-order valence-electron chi connectivity index (χ0n) is 17.7. The lowest BCUT2D eigenvalue weighted by molar-refractivity contribution is 0.102. The second-order valence-electron chi connectivity index (χ2n) is 7.53. The first-order valence-corrected chi connectivity index (χ1v) is 11.0. The zero-order valence-corrected chi connectivity index (χ0v) is 18.5. The first kappa shape index (κ1) is 20.1. The van der Waals surface area contributed by atoms with Crippen LogP contribution < -0.4 is 5.32 Å². The molecule has 0 aliphatic carbocycles. The van der Waals surface area contributed by atoms with Crippen molar-refractivity contribution in [1.82, 2.24) is 33.6 Å². The Morgan fingerprint density at radius 2 is 1.88 bits per heavy atom. The van der Waals surface area contributed by atoms with Gasteiger partial charge in [-0.15, -0.1) is 5.10 Å². The van der Waals surface area contributed by atoms with Crippen molar-refractivity contribution in [3.8, 4) is 22.6 Å². The van der Waals surface area contributed by atoms with E-state index in [1.54, 1.807) is 29.8 Å². The first-order chi connectivity index (χ1) is 16.6. The summed E-state index contributed by atoms with van der Waals surface area (Å²) in [6.45, 7) is 1.73. The minimum Gasteiger partial charge on any atom is -0.304 e. The fraction of sp³-hybridized carbons (Fsp3) is 0.0435. The minimum absolute atomic E-state index is 0.314. The lowest BCUT2D eigenvalue weighted by atomic mass is 10.1. The first-order valence-electron chi connectivity index (χ1n) is 10.3. The molecule has 0 radical (unpaired) electrons. The highest BCUT2D eigenvalue weighted by Crippen LogP contribution is 2.32. The van der Waals surface area contributed by atoms with E-state index in [2.05, 4.69) is 19.9 Å². The molecule has 6 aromatic rings. The van der Waals surface area contributed by atoms with Crippen LogP contribution in [-0.2, 0) is 0 Å². The molecule has 0 saturated carbocycles. The van der Waals surface area contributed by atoms with Gasteiger partial charge >= 0.3 is 0 Å². The van der Waals surface area contributed by atoms with Gasteiger partial charge < -0.3 is 5.32 Å². The molecule has 1 amide bonds. The molecule has 0 bridgehead atoms. The van der Waals surface area contributed by atoms with Gasteiger partial charge in [0.15, 0.2) is 11.5 Å². The predicted molar refractivity (Wildman–Crippen MR) is 125 cm³/mol. The van der Waals surface area contributed by atoms with E-state index in [1.807, 2.05) is 40.9 Å². The average Bonchev–Trinajstić information content (AvgIpc) is 3.54. The predicted octanol–water partition coefficient (Wildman–Crippen LogP) is 4.26. The molecule has 0 atom stereocenters. The Kier molecular flexibility index (Phi) is 4.62. The van der Waals surface area contributed by atoms with E-state index in [0.29, 0.717) is 33.4 Å². The highest BCUT2D eigenvalue weighted by atomic mass is 32.1. The molecule has 9 nitrogen and oxygen atoms in total. The van der Waals surface area contributed by atoms with Gasteiger partial charge in [-0.3, -0.25) is 9.20 Å². The van der Waals surface area contributed by atoms with Crippen molar-refractivity contribution in [3.63, 3.8) is 0 Å². The van der Waals surface area contributed by atoms with Gasteiger partial charge in [-0.05, 0) is 67.0 Å². The Morgan fingerprint density at radius 3 is 2.68 bits per heavy atom. The van der Waals surface area contributed by atoms with E-state index in [0.717, 1.165) is 28.4 Å². The van der Waals surface area contributed by atoms with E-state index in [9.17, 15) is 9.18 Å². The quantitative estimate of drug-likeness (QED) is 0.413. The SMILES string of the molecule is Cc1nnsc1C(=O)Nc1cn2nc(-c3c(-c4ccc(F)cc4)nc4ccccn34)ccc2n1. The van der Waals surface area contributed by atoms with Crippen LogP contribution in [0.25, 0.3) is 33.9 Å². The molecule has 0 spiro atoms. The maximum absolute atomic E-state index is 13.5. The number of anilines is 1. The molecule has 0 aliphatic heterocycles. The number of pyridine rings is 1. The van der Waals surface area contributed by atoms with Crippen LogP contribution in [0, 0.1) is 12.7 Å². The summed E-state index contributed by atoms with van der Waals surface area (Å²) in [5.41, 5.74) is 4.72. The monoisotopic (exact) mass is 470 g/mol. The highest BCUT2D eigenvalue weighted by Gasteiger charge is 2.19.